The first-order chi connectivity index (χ1) is 10.2. The van der Waals surface area contributed by atoms with Gasteiger partial charge in [0.15, 0.2) is 0 Å². The van der Waals surface area contributed by atoms with Crippen LogP contribution in [0.1, 0.15) is 65.6 Å². The fourth-order valence-corrected chi connectivity index (χ4v) is 1.99. The van der Waals surface area contributed by atoms with E-state index >= 15 is 0 Å². The molecule has 0 aromatic carbocycles. The fraction of sp³-hybridized carbons (Fsp3) is 0.765. The quantitative estimate of drug-likeness (QED) is 0.612. The van der Waals surface area contributed by atoms with E-state index in [-0.39, 0.29) is 0 Å². The molecule has 0 atom stereocenters. The first kappa shape index (κ1) is 17.7. The summed E-state index contributed by atoms with van der Waals surface area (Å²) < 4.78 is 5.75. The Labute approximate surface area is 129 Å². The minimum absolute atomic E-state index is 0.500. The van der Waals surface area contributed by atoms with Gasteiger partial charge in [0.05, 0.1) is 6.61 Å². The lowest BCUT2D eigenvalue weighted by Crippen LogP contribution is -2.10. The summed E-state index contributed by atoms with van der Waals surface area (Å²) in [6, 6.07) is 1.92. The predicted molar refractivity (Wildman–Crippen MR) is 89.0 cm³/mol. The van der Waals surface area contributed by atoms with Crippen molar-refractivity contribution < 1.29 is 4.74 Å². The number of rotatable bonds is 11. The molecule has 1 N–H and O–H groups in total. The zero-order chi connectivity index (χ0) is 15.5. The molecule has 0 aliphatic heterocycles. The minimum atomic E-state index is 0.500. The van der Waals surface area contributed by atoms with E-state index in [4.69, 9.17) is 4.74 Å². The maximum absolute atomic E-state index is 5.75. The Morgan fingerprint density at radius 2 is 1.90 bits per heavy atom. The molecule has 0 amide bonds. The zero-order valence-corrected chi connectivity index (χ0v) is 14.1. The molecule has 4 nitrogen and oxygen atoms in total. The maximum atomic E-state index is 5.75. The van der Waals surface area contributed by atoms with E-state index in [1.165, 1.54) is 25.7 Å². The van der Waals surface area contributed by atoms with Crippen molar-refractivity contribution in [3.8, 4) is 5.88 Å². The molecule has 0 unspecified atom stereocenters. The third kappa shape index (κ3) is 7.88. The van der Waals surface area contributed by atoms with Crippen LogP contribution >= 0.6 is 0 Å². The summed E-state index contributed by atoms with van der Waals surface area (Å²) in [5, 5.41) is 3.40. The van der Waals surface area contributed by atoms with Crippen LogP contribution in [0, 0.1) is 5.92 Å². The molecule has 4 heteroatoms. The average Bonchev–Trinajstić information content (AvgIpc) is 2.45. The van der Waals surface area contributed by atoms with Crippen LogP contribution in [-0.2, 0) is 6.42 Å². The number of ether oxygens (including phenoxy) is 1. The van der Waals surface area contributed by atoms with Crippen molar-refractivity contribution in [1.82, 2.24) is 9.97 Å². The van der Waals surface area contributed by atoms with Gasteiger partial charge in [-0.1, -0.05) is 47.0 Å². The van der Waals surface area contributed by atoms with Gasteiger partial charge in [-0.15, -0.1) is 0 Å². The molecule has 1 aromatic rings. The lowest BCUT2D eigenvalue weighted by Gasteiger charge is -2.12. The molecule has 0 saturated carbocycles. The molecule has 0 spiro atoms. The van der Waals surface area contributed by atoms with Gasteiger partial charge in [-0.2, -0.15) is 4.98 Å². The molecule has 0 radical (unpaired) electrons. The normalized spacial score (nSPS) is 10.9. The monoisotopic (exact) mass is 293 g/mol. The van der Waals surface area contributed by atoms with E-state index in [1.807, 2.05) is 6.07 Å². The molecule has 0 aliphatic rings. The molecule has 1 rings (SSSR count). The van der Waals surface area contributed by atoms with Crippen LogP contribution in [0.25, 0.3) is 0 Å². The third-order valence-electron chi connectivity index (χ3n) is 3.12. The minimum Gasteiger partial charge on any atom is -0.477 e. The molecule has 0 saturated heterocycles. The summed E-state index contributed by atoms with van der Waals surface area (Å²) in [4.78, 5) is 9.05. The number of aromatic nitrogens is 2. The lowest BCUT2D eigenvalue weighted by molar-refractivity contribution is 0.260. The molecule has 0 aliphatic carbocycles. The molecule has 120 valence electrons. The van der Waals surface area contributed by atoms with Gasteiger partial charge in [-0.25, -0.2) is 4.98 Å². The van der Waals surface area contributed by atoms with Gasteiger partial charge in [0.25, 0.3) is 0 Å². The number of unbranched alkanes of at least 4 members (excludes halogenated alkanes) is 3. The van der Waals surface area contributed by atoms with Crippen LogP contribution in [0.3, 0.4) is 0 Å². The highest BCUT2D eigenvalue weighted by Crippen LogP contribution is 2.15. The molecular weight excluding hydrogens is 262 g/mol. The maximum Gasteiger partial charge on any atom is 0.218 e. The second-order valence-electron chi connectivity index (χ2n) is 5.95. The highest BCUT2D eigenvalue weighted by Gasteiger charge is 2.06. The molecule has 1 heterocycles. The number of hydrogen-bond acceptors (Lipinski definition) is 4. The number of hydrogen-bond donors (Lipinski definition) is 1. The highest BCUT2D eigenvalue weighted by atomic mass is 16.5. The van der Waals surface area contributed by atoms with Gasteiger partial charge < -0.3 is 10.1 Å². The smallest absolute Gasteiger partial charge is 0.218 e. The Hall–Kier alpha value is -1.32. The van der Waals surface area contributed by atoms with Crippen molar-refractivity contribution in [3.63, 3.8) is 0 Å². The van der Waals surface area contributed by atoms with E-state index in [0.29, 0.717) is 18.4 Å². The van der Waals surface area contributed by atoms with Crippen molar-refractivity contribution in [1.29, 1.82) is 0 Å². The van der Waals surface area contributed by atoms with E-state index in [0.717, 1.165) is 31.0 Å². The van der Waals surface area contributed by atoms with Gasteiger partial charge in [0, 0.05) is 19.0 Å². The summed E-state index contributed by atoms with van der Waals surface area (Å²) in [5.74, 6) is 2.96. The van der Waals surface area contributed by atoms with Crippen molar-refractivity contribution >= 4 is 5.82 Å². The van der Waals surface area contributed by atoms with Crippen molar-refractivity contribution in [3.05, 3.63) is 11.9 Å². The number of aryl methyl sites for hydroxylation is 1. The predicted octanol–water partition coefficient (Wildman–Crippen LogP) is 4.46. The Morgan fingerprint density at radius 3 is 2.57 bits per heavy atom. The Kier molecular flexibility index (Phi) is 8.79. The molecule has 1 aromatic heterocycles. The average molecular weight is 293 g/mol. The van der Waals surface area contributed by atoms with Crippen LogP contribution in [-0.4, -0.2) is 23.1 Å². The van der Waals surface area contributed by atoms with E-state index in [1.54, 1.807) is 0 Å². The van der Waals surface area contributed by atoms with Crippen LogP contribution in [0.15, 0.2) is 6.07 Å². The Morgan fingerprint density at radius 1 is 1.10 bits per heavy atom. The van der Waals surface area contributed by atoms with Crippen molar-refractivity contribution in [2.75, 3.05) is 18.5 Å². The largest absolute Gasteiger partial charge is 0.477 e. The summed E-state index contributed by atoms with van der Waals surface area (Å²) in [6.07, 6.45) is 6.96. The summed E-state index contributed by atoms with van der Waals surface area (Å²) in [6.45, 7) is 10.3. The van der Waals surface area contributed by atoms with Gasteiger partial charge >= 0.3 is 0 Å². The summed E-state index contributed by atoms with van der Waals surface area (Å²) in [7, 11) is 0. The van der Waals surface area contributed by atoms with Crippen LogP contribution in [0.4, 0.5) is 5.82 Å². The molecule has 0 bridgehead atoms. The first-order valence-electron chi connectivity index (χ1n) is 8.40. The second-order valence-corrected chi connectivity index (χ2v) is 5.95. The lowest BCUT2D eigenvalue weighted by atomic mass is 10.2. The summed E-state index contributed by atoms with van der Waals surface area (Å²) >= 11 is 0. The van der Waals surface area contributed by atoms with Gasteiger partial charge in [-0.3, -0.25) is 0 Å². The Bertz CT molecular complexity index is 394. The van der Waals surface area contributed by atoms with Crippen LogP contribution < -0.4 is 10.1 Å². The van der Waals surface area contributed by atoms with E-state index in [9.17, 15) is 0 Å². The van der Waals surface area contributed by atoms with Crippen molar-refractivity contribution in [2.45, 2.75) is 66.2 Å². The molecule has 0 fully saturated rings. The topological polar surface area (TPSA) is 47.0 Å². The highest BCUT2D eigenvalue weighted by molar-refractivity contribution is 5.38. The van der Waals surface area contributed by atoms with Gasteiger partial charge in [0.1, 0.15) is 11.6 Å². The number of anilines is 1. The van der Waals surface area contributed by atoms with E-state index in [2.05, 4.69) is 43.0 Å². The number of nitrogens with one attached hydrogen (secondary N) is 1. The third-order valence-corrected chi connectivity index (χ3v) is 3.12. The van der Waals surface area contributed by atoms with Crippen LogP contribution in [0.2, 0.25) is 0 Å². The zero-order valence-electron chi connectivity index (χ0n) is 14.1. The SMILES string of the molecule is CCCCCCNc1cc(OCC(C)C)nc(CCC)n1. The fourth-order valence-electron chi connectivity index (χ4n) is 1.99. The molecular formula is C17H31N3O. The van der Waals surface area contributed by atoms with Crippen molar-refractivity contribution in [2.24, 2.45) is 5.92 Å². The van der Waals surface area contributed by atoms with Gasteiger partial charge in [0.2, 0.25) is 5.88 Å². The Balaban J connectivity index is 2.58. The molecule has 21 heavy (non-hydrogen) atoms. The van der Waals surface area contributed by atoms with Crippen LogP contribution in [0.5, 0.6) is 5.88 Å². The standard InChI is InChI=1S/C17H31N3O/c1-5-7-8-9-11-18-16-12-17(21-13-14(3)4)20-15(19-16)10-6-2/h12,14H,5-11,13H2,1-4H3,(H,18,19,20). The number of nitrogens with zero attached hydrogens (tertiary/aromatic N) is 2. The van der Waals surface area contributed by atoms with E-state index < -0.39 is 0 Å². The second kappa shape index (κ2) is 10.4. The van der Waals surface area contributed by atoms with Gasteiger partial charge in [-0.05, 0) is 18.8 Å². The summed E-state index contributed by atoms with van der Waals surface area (Å²) in [5.41, 5.74) is 0. The first-order valence-corrected chi connectivity index (χ1v) is 8.40.